The highest BCUT2D eigenvalue weighted by atomic mass is 35.5. The minimum atomic E-state index is -2.67. The number of phenols is 1. The number of Topliss-reactive ketones (excluding diaryl/α,β-unsaturated/α-hetero) is 1. The number of carbonyl (C=O) groups is 1. The van der Waals surface area contributed by atoms with Crippen LogP contribution in [0, 0.1) is 0 Å². The summed E-state index contributed by atoms with van der Waals surface area (Å²) in [4.78, 5) is 11.4. The van der Waals surface area contributed by atoms with E-state index in [1.807, 2.05) is 0 Å². The van der Waals surface area contributed by atoms with Crippen LogP contribution in [0.2, 0.25) is 0 Å². The highest BCUT2D eigenvalue weighted by Gasteiger charge is 2.18. The van der Waals surface area contributed by atoms with E-state index < -0.39 is 23.3 Å². The number of alkyl halides is 3. The second-order valence-corrected chi connectivity index (χ2v) is 3.71. The van der Waals surface area contributed by atoms with Crippen LogP contribution in [0.15, 0.2) is 18.2 Å². The van der Waals surface area contributed by atoms with Crippen LogP contribution in [0.5, 0.6) is 5.75 Å². The molecule has 0 radical (unpaired) electrons. The average Bonchev–Trinajstić information content (AvgIpc) is 2.16. The number of hydrogen-bond donors (Lipinski definition) is 1. The lowest BCUT2D eigenvalue weighted by molar-refractivity contribution is 0.0988. The molecule has 0 bridgehead atoms. The van der Waals surface area contributed by atoms with Crippen molar-refractivity contribution in [2.45, 2.75) is 18.7 Å². The topological polar surface area (TPSA) is 37.3 Å². The molecule has 1 aromatic carbocycles. The first-order valence-corrected chi connectivity index (χ1v) is 4.66. The van der Waals surface area contributed by atoms with Crippen LogP contribution in [-0.4, -0.2) is 16.3 Å². The fourth-order valence-corrected chi connectivity index (χ4v) is 1.22. The quantitative estimate of drug-likeness (QED) is 0.644. The Kier molecular flexibility index (Phi) is 3.63. The summed E-state index contributed by atoms with van der Waals surface area (Å²) in [5.41, 5.74) is -0.367. The van der Waals surface area contributed by atoms with E-state index in [2.05, 4.69) is 0 Å². The summed E-state index contributed by atoms with van der Waals surface area (Å²) in [5, 5.41) is 8.55. The smallest absolute Gasteiger partial charge is 0.263 e. The number of rotatable bonds is 3. The summed E-state index contributed by atoms with van der Waals surface area (Å²) < 4.78 is 24.4. The highest BCUT2D eigenvalue weighted by molar-refractivity contribution is 6.33. The van der Waals surface area contributed by atoms with Gasteiger partial charge in [0.25, 0.3) is 6.43 Å². The van der Waals surface area contributed by atoms with E-state index in [4.69, 9.17) is 11.6 Å². The fraction of sp³-hybridized carbons (Fsp3) is 0.300. The number of hydrogen-bond acceptors (Lipinski definition) is 2. The van der Waals surface area contributed by atoms with Crippen LogP contribution in [0.3, 0.4) is 0 Å². The third-order valence-electron chi connectivity index (χ3n) is 1.90. The average molecular weight is 235 g/mol. The van der Waals surface area contributed by atoms with E-state index >= 15 is 0 Å². The Morgan fingerprint density at radius 3 is 2.47 bits per heavy atom. The number of phenolic OH excluding ortho intramolecular Hbond substituents is 1. The molecule has 82 valence electrons. The van der Waals surface area contributed by atoms with Gasteiger partial charge in [0.15, 0.2) is 5.78 Å². The van der Waals surface area contributed by atoms with E-state index in [0.717, 1.165) is 18.2 Å². The van der Waals surface area contributed by atoms with Crippen molar-refractivity contribution in [1.29, 1.82) is 0 Å². The van der Waals surface area contributed by atoms with E-state index in [9.17, 15) is 18.7 Å². The largest absolute Gasteiger partial charge is 0.507 e. The highest BCUT2D eigenvalue weighted by Crippen LogP contribution is 2.27. The lowest BCUT2D eigenvalue weighted by Crippen LogP contribution is -2.10. The normalized spacial score (nSPS) is 12.9. The van der Waals surface area contributed by atoms with Crippen molar-refractivity contribution >= 4 is 17.4 Å². The molecule has 0 aliphatic heterocycles. The number of halogens is 3. The molecule has 0 spiro atoms. The molecular weight excluding hydrogens is 226 g/mol. The Hall–Kier alpha value is -1.16. The first-order valence-electron chi connectivity index (χ1n) is 4.23. The van der Waals surface area contributed by atoms with Crippen molar-refractivity contribution in [3.05, 3.63) is 29.3 Å². The summed E-state index contributed by atoms with van der Waals surface area (Å²) in [6.45, 7) is 1.45. The van der Waals surface area contributed by atoms with Crippen LogP contribution in [0.1, 0.15) is 29.3 Å². The molecule has 0 saturated heterocycles. The Balaban J connectivity index is 3.08. The Morgan fingerprint density at radius 1 is 1.47 bits per heavy atom. The number of carbonyl (C=O) groups excluding carboxylic acids is 1. The van der Waals surface area contributed by atoms with Crippen LogP contribution < -0.4 is 0 Å². The Labute approximate surface area is 90.5 Å². The van der Waals surface area contributed by atoms with Crippen LogP contribution in [0.25, 0.3) is 0 Å². The summed E-state index contributed by atoms with van der Waals surface area (Å²) in [6, 6.07) is 3.12. The molecule has 1 aromatic rings. The molecule has 1 rings (SSSR count). The zero-order chi connectivity index (χ0) is 11.6. The number of ketones is 1. The van der Waals surface area contributed by atoms with Gasteiger partial charge in [0.2, 0.25) is 0 Å². The van der Waals surface area contributed by atoms with E-state index in [-0.39, 0.29) is 11.1 Å². The van der Waals surface area contributed by atoms with Gasteiger partial charge >= 0.3 is 0 Å². The van der Waals surface area contributed by atoms with E-state index in [0.29, 0.717) is 0 Å². The lowest BCUT2D eigenvalue weighted by Gasteiger charge is -2.07. The molecular formula is C10H9ClF2O2. The molecule has 1 N–H and O–H groups in total. The zero-order valence-electron chi connectivity index (χ0n) is 7.88. The summed E-state index contributed by atoms with van der Waals surface area (Å²) >= 11 is 5.53. The maximum Gasteiger partial charge on any atom is 0.263 e. The van der Waals surface area contributed by atoms with Gasteiger partial charge < -0.3 is 5.11 Å². The Bertz CT molecular complexity index is 378. The van der Waals surface area contributed by atoms with Crippen molar-refractivity contribution in [1.82, 2.24) is 0 Å². The minimum Gasteiger partial charge on any atom is -0.507 e. The van der Waals surface area contributed by atoms with E-state index in [1.165, 1.54) is 6.92 Å². The van der Waals surface area contributed by atoms with Crippen molar-refractivity contribution < 1.29 is 18.7 Å². The second kappa shape index (κ2) is 4.57. The Morgan fingerprint density at radius 2 is 2.07 bits per heavy atom. The lowest BCUT2D eigenvalue weighted by atomic mass is 10.1. The molecule has 1 unspecified atom stereocenters. The maximum atomic E-state index is 12.2. The van der Waals surface area contributed by atoms with Gasteiger partial charge in [0.05, 0.1) is 10.9 Å². The third kappa shape index (κ3) is 2.65. The fourth-order valence-electron chi connectivity index (χ4n) is 1.11. The molecule has 0 heterocycles. The van der Waals surface area contributed by atoms with Gasteiger partial charge in [0, 0.05) is 5.56 Å². The van der Waals surface area contributed by atoms with Crippen LogP contribution >= 0.6 is 11.6 Å². The van der Waals surface area contributed by atoms with Gasteiger partial charge in [-0.1, -0.05) is 6.07 Å². The van der Waals surface area contributed by atoms with Gasteiger partial charge in [0.1, 0.15) is 5.75 Å². The predicted molar refractivity (Wildman–Crippen MR) is 52.7 cm³/mol. The molecule has 15 heavy (non-hydrogen) atoms. The molecule has 0 fully saturated rings. The molecule has 2 nitrogen and oxygen atoms in total. The van der Waals surface area contributed by atoms with Gasteiger partial charge in [-0.25, -0.2) is 8.78 Å². The van der Waals surface area contributed by atoms with Crippen molar-refractivity contribution in [2.24, 2.45) is 0 Å². The molecule has 0 saturated carbocycles. The standard InChI is InChI=1S/C10H9ClF2O2/c1-5(11)9(15)7-3-2-6(10(12)13)4-8(7)14/h2-5,10,14H,1H3. The van der Waals surface area contributed by atoms with Crippen LogP contribution in [0.4, 0.5) is 8.78 Å². The molecule has 0 aliphatic rings. The summed E-state index contributed by atoms with van der Waals surface area (Å²) in [5.74, 6) is -0.958. The zero-order valence-corrected chi connectivity index (χ0v) is 8.63. The first kappa shape index (κ1) is 11.9. The molecule has 0 aromatic heterocycles. The third-order valence-corrected chi connectivity index (χ3v) is 2.10. The maximum absolute atomic E-state index is 12.2. The number of aromatic hydroxyl groups is 1. The SMILES string of the molecule is CC(Cl)C(=O)c1ccc(C(F)F)cc1O. The van der Waals surface area contributed by atoms with Gasteiger partial charge in [-0.3, -0.25) is 4.79 Å². The predicted octanol–water partition coefficient (Wildman–Crippen LogP) is 3.14. The molecule has 1 atom stereocenters. The number of benzene rings is 1. The van der Waals surface area contributed by atoms with E-state index in [1.54, 1.807) is 0 Å². The van der Waals surface area contributed by atoms with Gasteiger partial charge in [-0.2, -0.15) is 0 Å². The first-order chi connectivity index (χ1) is 6.93. The molecule has 5 heteroatoms. The molecule has 0 aliphatic carbocycles. The molecule has 0 amide bonds. The monoisotopic (exact) mass is 234 g/mol. The van der Waals surface area contributed by atoms with Crippen molar-refractivity contribution in [3.8, 4) is 5.75 Å². The minimum absolute atomic E-state index is 0.0399. The van der Waals surface area contributed by atoms with Gasteiger partial charge in [-0.05, 0) is 19.1 Å². The van der Waals surface area contributed by atoms with Gasteiger partial charge in [-0.15, -0.1) is 11.6 Å². The summed E-state index contributed by atoms with van der Waals surface area (Å²) in [6.07, 6.45) is -2.67. The van der Waals surface area contributed by atoms with Crippen molar-refractivity contribution in [2.75, 3.05) is 0 Å². The second-order valence-electron chi connectivity index (χ2n) is 3.06. The summed E-state index contributed by atoms with van der Waals surface area (Å²) in [7, 11) is 0. The van der Waals surface area contributed by atoms with Crippen LogP contribution in [-0.2, 0) is 0 Å². The van der Waals surface area contributed by atoms with Crippen molar-refractivity contribution in [3.63, 3.8) is 0 Å².